The third-order valence-electron chi connectivity index (χ3n) is 4.26. The van der Waals surface area contributed by atoms with Gasteiger partial charge >= 0.3 is 0 Å². The maximum absolute atomic E-state index is 6.39. The van der Waals surface area contributed by atoms with Crippen molar-refractivity contribution >= 4 is 22.5 Å². The van der Waals surface area contributed by atoms with Gasteiger partial charge in [-0.3, -0.25) is 4.98 Å². The summed E-state index contributed by atoms with van der Waals surface area (Å²) < 4.78 is 5.33. The Bertz CT molecular complexity index is 623. The van der Waals surface area contributed by atoms with Crippen LogP contribution in [0.1, 0.15) is 24.8 Å². The minimum Gasteiger partial charge on any atom is -0.497 e. The van der Waals surface area contributed by atoms with E-state index in [0.717, 1.165) is 34.6 Å². The molecule has 0 spiro atoms. The van der Waals surface area contributed by atoms with Gasteiger partial charge in [-0.2, -0.15) is 0 Å². The van der Waals surface area contributed by atoms with Gasteiger partial charge in [0.05, 0.1) is 17.6 Å². The molecule has 0 bridgehead atoms. The van der Waals surface area contributed by atoms with E-state index < -0.39 is 0 Å². The van der Waals surface area contributed by atoms with Gasteiger partial charge in [0, 0.05) is 18.1 Å². The van der Waals surface area contributed by atoms with E-state index in [2.05, 4.69) is 9.88 Å². The summed E-state index contributed by atoms with van der Waals surface area (Å²) in [7, 11) is 1.69. The molecule has 112 valence electrons. The standard InChI is InChI=1S/C17H21ClN2O/c1-21-13-5-6-17-15(11-13)14(16(18)12-19-17)7-10-20-8-3-2-4-9-20/h5-6,11-12H,2-4,7-10H2,1H3. The highest BCUT2D eigenvalue weighted by Crippen LogP contribution is 2.28. The zero-order chi connectivity index (χ0) is 14.7. The Morgan fingerprint density at radius 1 is 1.24 bits per heavy atom. The molecule has 0 atom stereocenters. The molecule has 2 heterocycles. The van der Waals surface area contributed by atoms with Gasteiger partial charge in [0.2, 0.25) is 0 Å². The van der Waals surface area contributed by atoms with E-state index in [0.29, 0.717) is 0 Å². The molecule has 21 heavy (non-hydrogen) atoms. The minimum atomic E-state index is 0.757. The molecule has 0 unspecified atom stereocenters. The van der Waals surface area contributed by atoms with Gasteiger partial charge in [0.1, 0.15) is 5.75 Å². The number of aromatic nitrogens is 1. The van der Waals surface area contributed by atoms with E-state index in [1.165, 1.54) is 37.9 Å². The van der Waals surface area contributed by atoms with Crippen molar-refractivity contribution in [1.29, 1.82) is 0 Å². The fourth-order valence-corrected chi connectivity index (χ4v) is 3.28. The van der Waals surface area contributed by atoms with Crippen LogP contribution < -0.4 is 4.74 Å². The first-order valence-corrected chi connectivity index (χ1v) is 7.99. The number of fused-ring (bicyclic) bond motifs is 1. The van der Waals surface area contributed by atoms with Crippen LogP contribution >= 0.6 is 11.6 Å². The van der Waals surface area contributed by atoms with Crippen molar-refractivity contribution in [3.63, 3.8) is 0 Å². The summed E-state index contributed by atoms with van der Waals surface area (Å²) in [6.45, 7) is 3.49. The number of nitrogens with zero attached hydrogens (tertiary/aromatic N) is 2. The lowest BCUT2D eigenvalue weighted by Crippen LogP contribution is -2.31. The lowest BCUT2D eigenvalue weighted by molar-refractivity contribution is 0.231. The monoisotopic (exact) mass is 304 g/mol. The Hall–Kier alpha value is -1.32. The number of pyridine rings is 1. The van der Waals surface area contributed by atoms with Crippen LogP contribution in [-0.4, -0.2) is 36.6 Å². The van der Waals surface area contributed by atoms with E-state index in [1.54, 1.807) is 13.3 Å². The van der Waals surface area contributed by atoms with Crippen LogP contribution in [0.5, 0.6) is 5.75 Å². The lowest BCUT2D eigenvalue weighted by Gasteiger charge is -2.26. The van der Waals surface area contributed by atoms with Crippen LogP contribution in [0, 0.1) is 0 Å². The molecule has 0 aliphatic carbocycles. The van der Waals surface area contributed by atoms with Crippen molar-refractivity contribution in [3.8, 4) is 5.75 Å². The molecule has 1 aromatic carbocycles. The number of benzene rings is 1. The first kappa shape index (κ1) is 14.6. The van der Waals surface area contributed by atoms with Crippen LogP contribution in [0.4, 0.5) is 0 Å². The molecule has 3 rings (SSSR count). The second-order valence-electron chi connectivity index (χ2n) is 5.62. The zero-order valence-electron chi connectivity index (χ0n) is 12.4. The maximum atomic E-state index is 6.39. The normalized spacial score (nSPS) is 16.3. The van der Waals surface area contributed by atoms with E-state index >= 15 is 0 Å². The smallest absolute Gasteiger partial charge is 0.119 e. The molecular weight excluding hydrogens is 284 g/mol. The van der Waals surface area contributed by atoms with Gasteiger partial charge in [-0.1, -0.05) is 18.0 Å². The van der Waals surface area contributed by atoms with E-state index in [9.17, 15) is 0 Å². The molecule has 0 saturated carbocycles. The van der Waals surface area contributed by atoms with Crippen LogP contribution in [0.15, 0.2) is 24.4 Å². The Balaban J connectivity index is 1.86. The summed E-state index contributed by atoms with van der Waals surface area (Å²) in [5.41, 5.74) is 2.17. The number of halogens is 1. The van der Waals surface area contributed by atoms with Crippen LogP contribution in [0.25, 0.3) is 10.9 Å². The first-order valence-electron chi connectivity index (χ1n) is 7.61. The maximum Gasteiger partial charge on any atom is 0.119 e. The Morgan fingerprint density at radius 2 is 2.05 bits per heavy atom. The molecule has 1 saturated heterocycles. The van der Waals surface area contributed by atoms with Crippen molar-refractivity contribution < 1.29 is 4.74 Å². The summed E-state index contributed by atoms with van der Waals surface area (Å²) in [5.74, 6) is 0.853. The number of hydrogen-bond acceptors (Lipinski definition) is 3. The van der Waals surface area contributed by atoms with Gasteiger partial charge in [0.25, 0.3) is 0 Å². The third kappa shape index (κ3) is 3.30. The van der Waals surface area contributed by atoms with E-state index in [1.807, 2.05) is 18.2 Å². The largest absolute Gasteiger partial charge is 0.497 e. The quantitative estimate of drug-likeness (QED) is 0.856. The van der Waals surface area contributed by atoms with E-state index in [-0.39, 0.29) is 0 Å². The number of likely N-dealkylation sites (tertiary alicyclic amines) is 1. The van der Waals surface area contributed by atoms with Crippen molar-refractivity contribution in [3.05, 3.63) is 35.0 Å². The molecule has 1 aliphatic rings. The molecule has 3 nitrogen and oxygen atoms in total. The average molecular weight is 305 g/mol. The molecule has 1 fully saturated rings. The summed E-state index contributed by atoms with van der Waals surface area (Å²) in [6, 6.07) is 5.98. The Kier molecular flexibility index (Phi) is 4.61. The molecule has 1 aromatic heterocycles. The predicted octanol–water partition coefficient (Wildman–Crippen LogP) is 3.93. The van der Waals surface area contributed by atoms with E-state index in [4.69, 9.17) is 16.3 Å². The molecule has 1 aliphatic heterocycles. The van der Waals surface area contributed by atoms with Gasteiger partial charge < -0.3 is 9.64 Å². The summed E-state index contributed by atoms with van der Waals surface area (Å²) in [6.07, 6.45) is 6.73. The van der Waals surface area contributed by atoms with Crippen LogP contribution in [0.2, 0.25) is 5.02 Å². The second kappa shape index (κ2) is 6.63. The van der Waals surface area contributed by atoms with Crippen molar-refractivity contribution in [2.75, 3.05) is 26.7 Å². The lowest BCUT2D eigenvalue weighted by atomic mass is 10.0. The summed E-state index contributed by atoms with van der Waals surface area (Å²) in [4.78, 5) is 6.94. The number of hydrogen-bond donors (Lipinski definition) is 0. The predicted molar refractivity (Wildman–Crippen MR) is 87.3 cm³/mol. The fourth-order valence-electron chi connectivity index (χ4n) is 3.04. The molecule has 0 radical (unpaired) electrons. The van der Waals surface area contributed by atoms with Crippen LogP contribution in [0.3, 0.4) is 0 Å². The highest BCUT2D eigenvalue weighted by atomic mass is 35.5. The SMILES string of the molecule is COc1ccc2ncc(Cl)c(CCN3CCCCC3)c2c1. The molecule has 0 amide bonds. The molecule has 4 heteroatoms. The zero-order valence-corrected chi connectivity index (χ0v) is 13.2. The summed E-state index contributed by atoms with van der Waals surface area (Å²) in [5, 5.41) is 1.87. The molecule has 2 aromatic rings. The highest BCUT2D eigenvalue weighted by molar-refractivity contribution is 6.32. The minimum absolute atomic E-state index is 0.757. The van der Waals surface area contributed by atoms with Crippen molar-refractivity contribution in [1.82, 2.24) is 9.88 Å². The number of piperidine rings is 1. The summed E-state index contributed by atoms with van der Waals surface area (Å²) >= 11 is 6.39. The van der Waals surface area contributed by atoms with Gasteiger partial charge in [-0.25, -0.2) is 0 Å². The van der Waals surface area contributed by atoms with Crippen molar-refractivity contribution in [2.45, 2.75) is 25.7 Å². The molecular formula is C17H21ClN2O. The number of methoxy groups -OCH3 is 1. The van der Waals surface area contributed by atoms with Crippen LogP contribution in [-0.2, 0) is 6.42 Å². The first-order chi connectivity index (χ1) is 10.3. The number of rotatable bonds is 4. The van der Waals surface area contributed by atoms with Gasteiger partial charge in [-0.15, -0.1) is 0 Å². The second-order valence-corrected chi connectivity index (χ2v) is 6.03. The van der Waals surface area contributed by atoms with Crippen molar-refractivity contribution in [2.24, 2.45) is 0 Å². The Morgan fingerprint density at radius 3 is 2.81 bits per heavy atom. The van der Waals surface area contributed by atoms with Gasteiger partial charge in [0.15, 0.2) is 0 Å². The van der Waals surface area contributed by atoms with Gasteiger partial charge in [-0.05, 0) is 56.1 Å². The third-order valence-corrected chi connectivity index (χ3v) is 4.59. The highest BCUT2D eigenvalue weighted by Gasteiger charge is 2.13. The fraction of sp³-hybridized carbons (Fsp3) is 0.471. The average Bonchev–Trinajstić information content (AvgIpc) is 2.54. The molecule has 0 N–H and O–H groups in total. The topological polar surface area (TPSA) is 25.4 Å². The Labute approximate surface area is 130 Å². The number of ether oxygens (including phenoxy) is 1.